The van der Waals surface area contributed by atoms with Crippen LogP contribution in [0.3, 0.4) is 0 Å². The van der Waals surface area contributed by atoms with E-state index in [-0.39, 0.29) is 0 Å². The quantitative estimate of drug-likeness (QED) is 0.664. The molecule has 0 spiro atoms. The second kappa shape index (κ2) is 8.52. The van der Waals surface area contributed by atoms with Gasteiger partial charge in [0.05, 0.1) is 13.2 Å². The van der Waals surface area contributed by atoms with Crippen LogP contribution in [0, 0.1) is 11.8 Å². The zero-order valence-corrected chi connectivity index (χ0v) is 15.1. The Morgan fingerprint density at radius 1 is 1.21 bits per heavy atom. The molecule has 4 heteroatoms. The maximum atomic E-state index is 5.23. The second-order valence-electron chi connectivity index (χ2n) is 7.13. The molecule has 2 fully saturated rings. The number of hydrogen-bond donors (Lipinski definition) is 1. The minimum absolute atomic E-state index is 0.660. The fourth-order valence-corrected chi connectivity index (χ4v) is 4.16. The molecule has 0 radical (unpaired) electrons. The Hall–Kier alpha value is -1.55. The van der Waals surface area contributed by atoms with Gasteiger partial charge < -0.3 is 15.0 Å². The first-order valence-corrected chi connectivity index (χ1v) is 9.40. The van der Waals surface area contributed by atoms with Gasteiger partial charge in [0.25, 0.3) is 0 Å². The van der Waals surface area contributed by atoms with E-state index in [9.17, 15) is 0 Å². The van der Waals surface area contributed by atoms with E-state index in [1.54, 1.807) is 7.11 Å². The van der Waals surface area contributed by atoms with Crippen LogP contribution >= 0.6 is 0 Å². The average Bonchev–Trinajstić information content (AvgIpc) is 3.03. The molecule has 1 aliphatic heterocycles. The summed E-state index contributed by atoms with van der Waals surface area (Å²) in [5, 5.41) is 3.50. The molecule has 2 aliphatic rings. The Balaban J connectivity index is 1.66. The van der Waals surface area contributed by atoms with E-state index in [0.717, 1.165) is 30.9 Å². The number of nitrogens with one attached hydrogen (secondary N) is 1. The molecule has 0 bridgehead atoms. The van der Waals surface area contributed by atoms with Crippen molar-refractivity contribution in [3.05, 3.63) is 35.4 Å². The third kappa shape index (κ3) is 4.29. The molecule has 2 unspecified atom stereocenters. The summed E-state index contributed by atoms with van der Waals surface area (Å²) in [6, 6.07) is 8.54. The zero-order valence-electron chi connectivity index (χ0n) is 15.1. The Kier molecular flexibility index (Phi) is 6.13. The fraction of sp³-hybridized carbons (Fsp3) is 0.650. The first kappa shape index (κ1) is 17.3. The van der Waals surface area contributed by atoms with E-state index < -0.39 is 0 Å². The van der Waals surface area contributed by atoms with Crippen LogP contribution in [0.5, 0.6) is 0 Å². The van der Waals surface area contributed by atoms with Gasteiger partial charge in [-0.05, 0) is 42.7 Å². The second-order valence-corrected chi connectivity index (χ2v) is 7.13. The van der Waals surface area contributed by atoms with Gasteiger partial charge in [-0.3, -0.25) is 0 Å². The molecule has 1 saturated carbocycles. The van der Waals surface area contributed by atoms with Crippen LogP contribution in [-0.2, 0) is 17.9 Å². The van der Waals surface area contributed by atoms with Crippen LogP contribution in [0.2, 0.25) is 0 Å². The van der Waals surface area contributed by atoms with Gasteiger partial charge in [0.15, 0.2) is 5.96 Å². The highest BCUT2D eigenvalue weighted by molar-refractivity contribution is 5.80. The van der Waals surface area contributed by atoms with Crippen molar-refractivity contribution in [1.29, 1.82) is 0 Å². The van der Waals surface area contributed by atoms with Crippen molar-refractivity contribution in [2.75, 3.05) is 26.7 Å². The number of likely N-dealkylation sites (tertiary alicyclic amines) is 1. The number of rotatable bonds is 5. The minimum Gasteiger partial charge on any atom is -0.380 e. The Morgan fingerprint density at radius 2 is 1.92 bits per heavy atom. The summed E-state index contributed by atoms with van der Waals surface area (Å²) in [5.74, 6) is 2.85. The smallest absolute Gasteiger partial charge is 0.194 e. The largest absolute Gasteiger partial charge is 0.380 e. The summed E-state index contributed by atoms with van der Waals surface area (Å²) < 4.78 is 5.23. The van der Waals surface area contributed by atoms with Crippen molar-refractivity contribution in [3.63, 3.8) is 0 Å². The van der Waals surface area contributed by atoms with Gasteiger partial charge in [0.1, 0.15) is 0 Å². The first-order chi connectivity index (χ1) is 11.8. The molecular weight excluding hydrogens is 298 g/mol. The topological polar surface area (TPSA) is 36.9 Å². The summed E-state index contributed by atoms with van der Waals surface area (Å²) in [5.41, 5.74) is 2.46. The molecule has 1 N–H and O–H groups in total. The molecule has 0 aromatic heterocycles. The molecule has 24 heavy (non-hydrogen) atoms. The van der Waals surface area contributed by atoms with Gasteiger partial charge in [-0.2, -0.15) is 0 Å². The zero-order chi connectivity index (χ0) is 16.8. The van der Waals surface area contributed by atoms with E-state index in [0.29, 0.717) is 6.61 Å². The number of hydrogen-bond acceptors (Lipinski definition) is 2. The van der Waals surface area contributed by atoms with Crippen molar-refractivity contribution in [2.24, 2.45) is 16.8 Å². The van der Waals surface area contributed by atoms with E-state index in [1.807, 2.05) is 0 Å². The average molecular weight is 329 g/mol. The van der Waals surface area contributed by atoms with E-state index in [2.05, 4.69) is 41.4 Å². The fourth-order valence-electron chi connectivity index (χ4n) is 4.16. The molecule has 4 nitrogen and oxygen atoms in total. The maximum Gasteiger partial charge on any atom is 0.194 e. The van der Waals surface area contributed by atoms with Crippen molar-refractivity contribution < 1.29 is 4.74 Å². The van der Waals surface area contributed by atoms with E-state index in [1.165, 1.54) is 49.9 Å². The highest BCUT2D eigenvalue weighted by Crippen LogP contribution is 2.35. The van der Waals surface area contributed by atoms with Crippen molar-refractivity contribution >= 4 is 5.96 Å². The molecule has 3 rings (SSSR count). The van der Waals surface area contributed by atoms with Gasteiger partial charge in [0.2, 0.25) is 0 Å². The number of aliphatic imine (C=N–C) groups is 1. The van der Waals surface area contributed by atoms with Crippen LogP contribution in [0.4, 0.5) is 0 Å². The molecule has 1 aromatic carbocycles. The van der Waals surface area contributed by atoms with Gasteiger partial charge in [-0.1, -0.05) is 37.1 Å². The van der Waals surface area contributed by atoms with Crippen molar-refractivity contribution in [1.82, 2.24) is 10.2 Å². The summed E-state index contributed by atoms with van der Waals surface area (Å²) in [4.78, 5) is 7.40. The van der Waals surface area contributed by atoms with Crippen LogP contribution in [0.1, 0.15) is 43.7 Å². The van der Waals surface area contributed by atoms with Crippen LogP contribution in [-0.4, -0.2) is 37.6 Å². The highest BCUT2D eigenvalue weighted by atomic mass is 16.5. The molecule has 1 aromatic rings. The summed E-state index contributed by atoms with van der Waals surface area (Å²) >= 11 is 0. The molecular formula is C20H31N3O. The number of nitrogens with zero attached hydrogens (tertiary/aromatic N) is 2. The number of guanidine groups is 1. The number of fused-ring (bicyclic) bond motifs is 1. The van der Waals surface area contributed by atoms with Crippen molar-refractivity contribution in [3.8, 4) is 0 Å². The Labute approximate surface area is 146 Å². The minimum atomic E-state index is 0.660. The molecule has 132 valence electrons. The summed E-state index contributed by atoms with van der Waals surface area (Å²) in [6.45, 7) is 6.82. The standard InChI is InChI=1S/C20H31N3O/c1-3-21-20(23-13-18-9-4-5-10-19(18)14-23)22-12-16-7-6-8-17(11-16)15-24-2/h6-8,11,18-19H,3-5,9-10,12-15H2,1-2H3,(H,21,22). The van der Waals surface area contributed by atoms with Crippen LogP contribution < -0.4 is 5.32 Å². The Morgan fingerprint density at radius 3 is 2.58 bits per heavy atom. The van der Waals surface area contributed by atoms with Gasteiger partial charge in [-0.25, -0.2) is 4.99 Å². The summed E-state index contributed by atoms with van der Waals surface area (Å²) in [7, 11) is 1.74. The van der Waals surface area contributed by atoms with Gasteiger partial charge >= 0.3 is 0 Å². The predicted octanol–water partition coefficient (Wildman–Crippen LogP) is 3.42. The third-order valence-electron chi connectivity index (χ3n) is 5.32. The third-order valence-corrected chi connectivity index (χ3v) is 5.32. The lowest BCUT2D eigenvalue weighted by Crippen LogP contribution is -2.40. The number of benzene rings is 1. The monoisotopic (exact) mass is 329 g/mol. The lowest BCUT2D eigenvalue weighted by Gasteiger charge is -2.22. The SMILES string of the molecule is CCNC(=NCc1cccc(COC)c1)N1CC2CCCCC2C1. The molecule has 2 atom stereocenters. The van der Waals surface area contributed by atoms with E-state index in [4.69, 9.17) is 9.73 Å². The number of methoxy groups -OCH3 is 1. The lowest BCUT2D eigenvalue weighted by molar-refractivity contribution is 0.185. The van der Waals surface area contributed by atoms with Crippen molar-refractivity contribution in [2.45, 2.75) is 45.8 Å². The molecule has 1 aliphatic carbocycles. The van der Waals surface area contributed by atoms with Crippen LogP contribution in [0.15, 0.2) is 29.3 Å². The van der Waals surface area contributed by atoms with Gasteiger partial charge in [-0.15, -0.1) is 0 Å². The molecule has 1 saturated heterocycles. The Bertz CT molecular complexity index is 544. The normalized spacial score (nSPS) is 24.1. The lowest BCUT2D eigenvalue weighted by atomic mass is 9.82. The molecule has 1 heterocycles. The first-order valence-electron chi connectivity index (χ1n) is 9.40. The molecule has 0 amide bonds. The highest BCUT2D eigenvalue weighted by Gasteiger charge is 2.35. The van der Waals surface area contributed by atoms with Gasteiger partial charge in [0, 0.05) is 26.7 Å². The summed E-state index contributed by atoms with van der Waals surface area (Å²) in [6.07, 6.45) is 5.63. The predicted molar refractivity (Wildman–Crippen MR) is 99.0 cm³/mol. The number of ether oxygens (including phenoxy) is 1. The van der Waals surface area contributed by atoms with Crippen LogP contribution in [0.25, 0.3) is 0 Å². The maximum absolute atomic E-state index is 5.23. The van der Waals surface area contributed by atoms with E-state index >= 15 is 0 Å².